The van der Waals surface area contributed by atoms with Crippen LogP contribution >= 0.6 is 0 Å². The highest BCUT2D eigenvalue weighted by Crippen LogP contribution is 2.60. The molecule has 2 aliphatic rings. The Morgan fingerprint density at radius 2 is 2.00 bits per heavy atom. The molecule has 1 heterocycles. The molecule has 1 aromatic heterocycles. The van der Waals surface area contributed by atoms with E-state index in [1.807, 2.05) is 24.3 Å². The minimum Gasteiger partial charge on any atom is -0.467 e. The largest absolute Gasteiger partial charge is 0.467 e. The Kier molecular flexibility index (Phi) is 4.67. The predicted molar refractivity (Wildman–Crippen MR) is 99.9 cm³/mol. The molecule has 4 rings (SSSR count). The first-order valence-electron chi connectivity index (χ1n) is 9.50. The van der Waals surface area contributed by atoms with Crippen molar-refractivity contribution in [3.05, 3.63) is 47.3 Å². The molecule has 2 aliphatic carbocycles. The van der Waals surface area contributed by atoms with Crippen molar-refractivity contribution in [2.75, 3.05) is 7.11 Å². The molecule has 5 nitrogen and oxygen atoms in total. The van der Waals surface area contributed by atoms with Crippen LogP contribution in [0.4, 0.5) is 13.2 Å². The monoisotopic (exact) mass is 406 g/mol. The number of nitrogens with one attached hydrogen (secondary N) is 2. The summed E-state index contributed by atoms with van der Waals surface area (Å²) in [7, 11) is 1.23. The summed E-state index contributed by atoms with van der Waals surface area (Å²) in [5, 5.41) is 3.83. The number of aromatic nitrogens is 1. The van der Waals surface area contributed by atoms with Gasteiger partial charge in [-0.1, -0.05) is 24.6 Å². The molecule has 0 aliphatic heterocycles. The number of halogens is 3. The summed E-state index contributed by atoms with van der Waals surface area (Å²) in [6.07, 6.45) is -0.638. The smallest absolute Gasteiger partial charge is 0.454 e. The van der Waals surface area contributed by atoms with Crippen molar-refractivity contribution in [1.29, 1.82) is 0 Å². The van der Waals surface area contributed by atoms with Gasteiger partial charge in [0.05, 0.1) is 7.11 Å². The fraction of sp³-hybridized carbons (Fsp3) is 0.429. The molecule has 0 amide bonds. The molecular weight excluding hydrogens is 385 g/mol. The third kappa shape index (κ3) is 3.30. The number of carbonyl (C=O) groups is 2. The van der Waals surface area contributed by atoms with Crippen LogP contribution in [0.1, 0.15) is 31.2 Å². The van der Waals surface area contributed by atoms with Gasteiger partial charge in [0.15, 0.2) is 0 Å². The summed E-state index contributed by atoms with van der Waals surface area (Å²) in [6.45, 7) is 0. The summed E-state index contributed by atoms with van der Waals surface area (Å²) in [4.78, 5) is 27.5. The number of hydrogen-bond acceptors (Lipinski definition) is 4. The molecule has 1 unspecified atom stereocenters. The van der Waals surface area contributed by atoms with Crippen LogP contribution in [0.3, 0.4) is 0 Å². The van der Waals surface area contributed by atoms with E-state index < -0.39 is 29.4 Å². The highest BCUT2D eigenvalue weighted by Gasteiger charge is 2.57. The van der Waals surface area contributed by atoms with Crippen molar-refractivity contribution in [1.82, 2.24) is 10.3 Å². The molecule has 0 bridgehead atoms. The van der Waals surface area contributed by atoms with E-state index in [4.69, 9.17) is 4.74 Å². The second kappa shape index (κ2) is 6.93. The minimum atomic E-state index is -4.93. The molecule has 154 valence electrons. The average molecular weight is 406 g/mol. The summed E-state index contributed by atoms with van der Waals surface area (Å²) in [6, 6.07) is 6.66. The standard InChI is InChI=1S/C21H21F3N2O3/c1-29-19(28)15(9-12-11-25-14-6-3-2-5-13(12)14)26-16-10-20(7-4-8-20)17(16)18(27)21(22,23)24/h2-3,5-6,11,15,25-26H,4,7-10H2,1H3. The van der Waals surface area contributed by atoms with Gasteiger partial charge in [-0.3, -0.25) is 4.79 Å². The SMILES string of the molecule is COC(=O)C(Cc1c[nH]c2ccccc12)NC1=C(C(=O)C(F)(F)F)C2(CCC2)C1. The van der Waals surface area contributed by atoms with Crippen LogP contribution in [-0.2, 0) is 20.7 Å². The van der Waals surface area contributed by atoms with Crippen molar-refractivity contribution in [2.24, 2.45) is 5.41 Å². The van der Waals surface area contributed by atoms with Gasteiger partial charge >= 0.3 is 12.1 Å². The maximum atomic E-state index is 13.1. The Bertz CT molecular complexity index is 1000. The zero-order chi connectivity index (χ0) is 20.8. The number of benzene rings is 1. The Morgan fingerprint density at radius 3 is 2.62 bits per heavy atom. The number of hydrogen-bond donors (Lipinski definition) is 2. The van der Waals surface area contributed by atoms with Crippen molar-refractivity contribution >= 4 is 22.7 Å². The van der Waals surface area contributed by atoms with Gasteiger partial charge in [-0.2, -0.15) is 13.2 Å². The Labute approximate surface area is 165 Å². The highest BCUT2D eigenvalue weighted by atomic mass is 19.4. The van der Waals surface area contributed by atoms with Gasteiger partial charge in [0.1, 0.15) is 6.04 Å². The van der Waals surface area contributed by atoms with E-state index in [2.05, 4.69) is 10.3 Å². The van der Waals surface area contributed by atoms with Crippen LogP contribution in [0, 0.1) is 5.41 Å². The van der Waals surface area contributed by atoms with E-state index in [-0.39, 0.29) is 17.7 Å². The number of esters is 1. The van der Waals surface area contributed by atoms with Crippen molar-refractivity contribution in [2.45, 2.75) is 44.3 Å². The number of H-pyrrole nitrogens is 1. The molecule has 0 saturated heterocycles. The fourth-order valence-corrected chi connectivity index (χ4v) is 4.47. The predicted octanol–water partition coefficient (Wildman–Crippen LogP) is 3.80. The number of rotatable bonds is 6. The Morgan fingerprint density at radius 1 is 1.28 bits per heavy atom. The van der Waals surface area contributed by atoms with Gasteiger partial charge in [-0.15, -0.1) is 0 Å². The second-order valence-electron chi connectivity index (χ2n) is 7.77. The number of methoxy groups -OCH3 is 1. The number of allylic oxidation sites excluding steroid dienone is 2. The number of alkyl halides is 3. The maximum absolute atomic E-state index is 13.1. The van der Waals surface area contributed by atoms with Gasteiger partial charge < -0.3 is 15.0 Å². The second-order valence-corrected chi connectivity index (χ2v) is 7.77. The van der Waals surface area contributed by atoms with Crippen LogP contribution in [-0.4, -0.2) is 36.1 Å². The highest BCUT2D eigenvalue weighted by molar-refractivity contribution is 6.03. The van der Waals surface area contributed by atoms with E-state index in [9.17, 15) is 22.8 Å². The van der Waals surface area contributed by atoms with Crippen LogP contribution < -0.4 is 5.32 Å². The van der Waals surface area contributed by atoms with Gasteiger partial charge in [0.25, 0.3) is 5.78 Å². The molecule has 1 aromatic carbocycles. The first-order chi connectivity index (χ1) is 13.7. The number of carbonyl (C=O) groups excluding carboxylic acids is 2. The number of fused-ring (bicyclic) bond motifs is 1. The number of para-hydroxylation sites is 1. The molecule has 1 spiro atoms. The minimum absolute atomic E-state index is 0.205. The quantitative estimate of drug-likeness (QED) is 0.716. The number of ketones is 1. The van der Waals surface area contributed by atoms with Gasteiger partial charge in [-0.05, 0) is 30.9 Å². The molecule has 0 radical (unpaired) electrons. The van der Waals surface area contributed by atoms with Crippen LogP contribution in [0.15, 0.2) is 41.7 Å². The number of aromatic amines is 1. The lowest BCUT2D eigenvalue weighted by atomic mass is 9.53. The van der Waals surface area contributed by atoms with Crippen molar-refractivity contribution < 1.29 is 27.5 Å². The number of ether oxygens (including phenoxy) is 1. The molecule has 1 saturated carbocycles. The van der Waals surface area contributed by atoms with Gasteiger partial charge in [-0.25, -0.2) is 4.79 Å². The molecule has 1 fully saturated rings. The van der Waals surface area contributed by atoms with Gasteiger partial charge in [0, 0.05) is 40.2 Å². The maximum Gasteiger partial charge on any atom is 0.454 e. The van der Waals surface area contributed by atoms with Crippen molar-refractivity contribution in [3.63, 3.8) is 0 Å². The van der Waals surface area contributed by atoms with E-state index in [1.165, 1.54) is 7.11 Å². The zero-order valence-corrected chi connectivity index (χ0v) is 15.9. The normalized spacial score (nSPS) is 18.9. The van der Waals surface area contributed by atoms with Crippen LogP contribution in [0.2, 0.25) is 0 Å². The third-order valence-corrected chi connectivity index (χ3v) is 6.08. The summed E-state index contributed by atoms with van der Waals surface area (Å²) < 4.78 is 44.3. The zero-order valence-electron chi connectivity index (χ0n) is 15.9. The third-order valence-electron chi connectivity index (χ3n) is 6.08. The lowest BCUT2D eigenvalue weighted by Gasteiger charge is -2.52. The average Bonchev–Trinajstić information content (AvgIpc) is 3.03. The lowest BCUT2D eigenvalue weighted by Crippen LogP contribution is -2.52. The fourth-order valence-electron chi connectivity index (χ4n) is 4.47. The van der Waals surface area contributed by atoms with E-state index >= 15 is 0 Å². The molecule has 8 heteroatoms. The summed E-state index contributed by atoms with van der Waals surface area (Å²) >= 11 is 0. The van der Waals surface area contributed by atoms with Crippen LogP contribution in [0.25, 0.3) is 10.9 Å². The molecular formula is C21H21F3N2O3. The first kappa shape index (κ1) is 19.5. The number of Topliss-reactive ketones (excluding diaryl/α,β-unsaturated/α-hetero) is 1. The van der Waals surface area contributed by atoms with E-state index in [0.717, 1.165) is 22.9 Å². The lowest BCUT2D eigenvalue weighted by molar-refractivity contribution is -0.169. The van der Waals surface area contributed by atoms with Gasteiger partial charge in [0.2, 0.25) is 0 Å². The topological polar surface area (TPSA) is 71.2 Å². The van der Waals surface area contributed by atoms with E-state index in [0.29, 0.717) is 19.3 Å². The Balaban J connectivity index is 1.63. The van der Waals surface area contributed by atoms with Crippen molar-refractivity contribution in [3.8, 4) is 0 Å². The van der Waals surface area contributed by atoms with Crippen LogP contribution in [0.5, 0.6) is 0 Å². The summed E-state index contributed by atoms with van der Waals surface area (Å²) in [5.74, 6) is -2.39. The molecule has 1 atom stereocenters. The summed E-state index contributed by atoms with van der Waals surface area (Å²) in [5.41, 5.74) is 1.06. The molecule has 29 heavy (non-hydrogen) atoms. The molecule has 2 N–H and O–H groups in total. The Hall–Kier alpha value is -2.77. The molecule has 2 aromatic rings. The first-order valence-corrected chi connectivity index (χ1v) is 9.50. The van der Waals surface area contributed by atoms with E-state index in [1.54, 1.807) is 6.20 Å².